The van der Waals surface area contributed by atoms with Gasteiger partial charge in [-0.15, -0.1) is 5.10 Å². The third-order valence-electron chi connectivity index (χ3n) is 5.44. The fourth-order valence-electron chi connectivity index (χ4n) is 3.68. The van der Waals surface area contributed by atoms with E-state index in [0.29, 0.717) is 13.2 Å². The molecule has 0 fully saturated rings. The number of aryl methyl sites for hydroxylation is 1. The first kappa shape index (κ1) is 25.5. The fraction of sp³-hybridized carbons (Fsp3) is 0.370. The van der Waals surface area contributed by atoms with Crippen molar-refractivity contribution in [1.29, 1.82) is 0 Å². The van der Waals surface area contributed by atoms with Gasteiger partial charge >= 0.3 is 0 Å². The molecule has 4 rings (SSSR count). The minimum absolute atomic E-state index is 0.0763. The Kier molecular flexibility index (Phi) is 7.49. The summed E-state index contributed by atoms with van der Waals surface area (Å²) >= 11 is 1.46. The van der Waals surface area contributed by atoms with E-state index < -0.39 is 0 Å². The van der Waals surface area contributed by atoms with Gasteiger partial charge in [-0.3, -0.25) is 4.79 Å². The van der Waals surface area contributed by atoms with Crippen LogP contribution in [0, 0.1) is 6.92 Å². The topological polar surface area (TPSA) is 83.8 Å². The van der Waals surface area contributed by atoms with E-state index in [2.05, 4.69) is 62.6 Å². The summed E-state index contributed by atoms with van der Waals surface area (Å²) < 4.78 is 7.31. The first-order valence-corrected chi connectivity index (χ1v) is 12.9. The molecule has 0 atom stereocenters. The Morgan fingerprint density at radius 2 is 1.81 bits per heavy atom. The van der Waals surface area contributed by atoms with Crippen molar-refractivity contribution in [3.63, 3.8) is 0 Å². The van der Waals surface area contributed by atoms with E-state index in [-0.39, 0.29) is 18.0 Å². The van der Waals surface area contributed by atoms with Crippen LogP contribution in [0.15, 0.2) is 48.5 Å². The minimum atomic E-state index is -0.175. The van der Waals surface area contributed by atoms with Gasteiger partial charge in [0.1, 0.15) is 11.4 Å². The Labute approximate surface area is 216 Å². The van der Waals surface area contributed by atoms with E-state index in [9.17, 15) is 4.79 Å². The maximum absolute atomic E-state index is 12.6. The van der Waals surface area contributed by atoms with Gasteiger partial charge in [0.25, 0.3) is 0 Å². The zero-order chi connectivity index (χ0) is 25.9. The van der Waals surface area contributed by atoms with E-state index in [0.717, 1.165) is 38.5 Å². The molecule has 0 saturated carbocycles. The lowest BCUT2D eigenvalue weighted by Gasteiger charge is -2.22. The van der Waals surface area contributed by atoms with Crippen LogP contribution < -0.4 is 20.3 Å². The highest BCUT2D eigenvalue weighted by atomic mass is 32.1. The number of hydrogen-bond donors (Lipinski definition) is 2. The molecule has 0 spiro atoms. The predicted molar refractivity (Wildman–Crippen MR) is 147 cm³/mol. The van der Waals surface area contributed by atoms with E-state index in [1.807, 2.05) is 47.7 Å². The van der Waals surface area contributed by atoms with Crippen molar-refractivity contribution in [2.45, 2.75) is 46.7 Å². The zero-order valence-electron chi connectivity index (χ0n) is 21.8. The van der Waals surface area contributed by atoms with Gasteiger partial charge in [-0.05, 0) is 52.3 Å². The number of likely N-dealkylation sites (N-methyl/N-ethyl adjacent to an activating group) is 1. The van der Waals surface area contributed by atoms with Gasteiger partial charge in [-0.1, -0.05) is 53.3 Å². The number of ether oxygens (including phenoxy) is 1. The largest absolute Gasteiger partial charge is 0.494 e. The van der Waals surface area contributed by atoms with Crippen LogP contribution in [-0.2, 0) is 11.3 Å². The zero-order valence-corrected chi connectivity index (χ0v) is 22.6. The predicted octanol–water partition coefficient (Wildman–Crippen LogP) is 5.13. The molecule has 2 N–H and O–H groups in total. The maximum Gasteiger partial charge on any atom is 0.239 e. The summed E-state index contributed by atoms with van der Waals surface area (Å²) in [7, 11) is 1.87. The molecule has 190 valence electrons. The van der Waals surface area contributed by atoms with Gasteiger partial charge in [-0.25, -0.2) is 4.98 Å². The number of hydrogen-bond acceptors (Lipinski definition) is 7. The van der Waals surface area contributed by atoms with Crippen LogP contribution in [0.3, 0.4) is 0 Å². The van der Waals surface area contributed by atoms with Gasteiger partial charge in [0.15, 0.2) is 5.82 Å². The number of nitrogens with one attached hydrogen (secondary N) is 2. The van der Waals surface area contributed by atoms with Crippen molar-refractivity contribution in [3.05, 3.63) is 59.7 Å². The monoisotopic (exact) mass is 506 g/mol. The lowest BCUT2D eigenvalue weighted by atomic mass is 10.1. The van der Waals surface area contributed by atoms with E-state index in [4.69, 9.17) is 14.8 Å². The number of fused-ring (bicyclic) bond motifs is 1. The Hall–Kier alpha value is -3.59. The lowest BCUT2D eigenvalue weighted by Crippen LogP contribution is -2.34. The van der Waals surface area contributed by atoms with Crippen LogP contribution in [-0.4, -0.2) is 46.2 Å². The summed E-state index contributed by atoms with van der Waals surface area (Å²) in [6, 6.07) is 16.1. The molecule has 0 aliphatic carbocycles. The van der Waals surface area contributed by atoms with Gasteiger partial charge in [0.05, 0.1) is 13.2 Å². The number of amides is 1. The first-order chi connectivity index (χ1) is 17.1. The second-order valence-corrected chi connectivity index (χ2v) is 10.8. The quantitative estimate of drug-likeness (QED) is 0.328. The van der Waals surface area contributed by atoms with Gasteiger partial charge in [-0.2, -0.15) is 4.52 Å². The Morgan fingerprint density at radius 1 is 1.11 bits per heavy atom. The highest BCUT2D eigenvalue weighted by Gasteiger charge is 2.23. The molecular formula is C27H34N6O2S. The average molecular weight is 507 g/mol. The molecule has 0 radical (unpaired) electrons. The molecule has 2 heterocycles. The Balaban J connectivity index is 1.48. The molecule has 1 amide bonds. The van der Waals surface area contributed by atoms with Crippen molar-refractivity contribution in [3.8, 4) is 17.0 Å². The Bertz CT molecular complexity index is 1320. The minimum Gasteiger partial charge on any atom is -0.494 e. The van der Waals surface area contributed by atoms with Crippen LogP contribution in [0.5, 0.6) is 5.75 Å². The van der Waals surface area contributed by atoms with Gasteiger partial charge < -0.3 is 20.3 Å². The molecule has 2 aromatic carbocycles. The highest BCUT2D eigenvalue weighted by Crippen LogP contribution is 2.34. The second-order valence-electron chi connectivity index (χ2n) is 9.84. The number of imidazole rings is 1. The van der Waals surface area contributed by atoms with E-state index in [1.165, 1.54) is 16.9 Å². The molecule has 0 aliphatic heterocycles. The lowest BCUT2D eigenvalue weighted by molar-refractivity contribution is -0.119. The van der Waals surface area contributed by atoms with Gasteiger partial charge in [0.2, 0.25) is 16.0 Å². The van der Waals surface area contributed by atoms with E-state index in [1.54, 1.807) is 0 Å². The standard InChI is InChI=1S/C27H34N6O2S/c1-7-35-21-14-10-19(11-15-21)16-28-22(34)17-32(6)26-31-33-24(30-27(3,4)5)23(29-25(33)36-26)20-12-8-18(2)9-13-20/h8-15,30H,7,16-17H2,1-6H3,(H,28,34). The van der Waals surface area contributed by atoms with Crippen molar-refractivity contribution in [2.75, 3.05) is 30.4 Å². The van der Waals surface area contributed by atoms with Crippen molar-refractivity contribution in [2.24, 2.45) is 0 Å². The second kappa shape index (κ2) is 10.6. The molecule has 0 unspecified atom stereocenters. The molecule has 8 nitrogen and oxygen atoms in total. The van der Waals surface area contributed by atoms with Gasteiger partial charge in [0, 0.05) is 24.7 Å². The molecule has 9 heteroatoms. The number of aromatic nitrogens is 3. The van der Waals surface area contributed by atoms with Crippen LogP contribution in [0.2, 0.25) is 0 Å². The summed E-state index contributed by atoms with van der Waals surface area (Å²) in [6.45, 7) is 11.6. The van der Waals surface area contributed by atoms with E-state index >= 15 is 0 Å². The average Bonchev–Trinajstić information content (AvgIpc) is 3.38. The SMILES string of the molecule is CCOc1ccc(CNC(=O)CN(C)c2nn3c(NC(C)(C)C)c(-c4ccc(C)cc4)nc3s2)cc1. The summed E-state index contributed by atoms with van der Waals surface area (Å²) in [5.74, 6) is 1.59. The molecule has 0 bridgehead atoms. The molecular weight excluding hydrogens is 472 g/mol. The summed E-state index contributed by atoms with van der Waals surface area (Å²) in [6.07, 6.45) is 0. The number of rotatable bonds is 9. The molecule has 2 aromatic heterocycles. The van der Waals surface area contributed by atoms with Crippen molar-refractivity contribution >= 4 is 33.2 Å². The highest BCUT2D eigenvalue weighted by molar-refractivity contribution is 7.20. The summed E-state index contributed by atoms with van der Waals surface area (Å²) in [4.78, 5) is 20.1. The molecule has 4 aromatic rings. The number of carbonyl (C=O) groups is 1. The number of anilines is 2. The summed E-state index contributed by atoms with van der Waals surface area (Å²) in [5.41, 5.74) is 3.95. The fourth-order valence-corrected chi connectivity index (χ4v) is 4.54. The first-order valence-electron chi connectivity index (χ1n) is 12.1. The normalized spacial score (nSPS) is 11.5. The van der Waals surface area contributed by atoms with Crippen LogP contribution in [0.25, 0.3) is 16.2 Å². The van der Waals surface area contributed by atoms with Crippen molar-refractivity contribution < 1.29 is 9.53 Å². The third-order valence-corrected chi connectivity index (χ3v) is 6.47. The smallest absolute Gasteiger partial charge is 0.239 e. The number of carbonyl (C=O) groups excluding carboxylic acids is 1. The third kappa shape index (κ3) is 6.15. The maximum atomic E-state index is 12.6. The van der Waals surface area contributed by atoms with Crippen LogP contribution in [0.1, 0.15) is 38.8 Å². The molecule has 0 aliphatic rings. The molecule has 0 saturated heterocycles. The summed E-state index contributed by atoms with van der Waals surface area (Å²) in [5, 5.41) is 12.1. The number of nitrogens with zero attached hydrogens (tertiary/aromatic N) is 4. The van der Waals surface area contributed by atoms with Crippen LogP contribution in [0.4, 0.5) is 10.9 Å². The van der Waals surface area contributed by atoms with Crippen LogP contribution >= 0.6 is 11.3 Å². The number of benzene rings is 2. The molecule has 36 heavy (non-hydrogen) atoms. The Morgan fingerprint density at radius 3 is 2.44 bits per heavy atom. The van der Waals surface area contributed by atoms with Crippen molar-refractivity contribution in [1.82, 2.24) is 19.9 Å².